The molecule has 1 aliphatic rings. The molecule has 39 heteroatoms. The van der Waals surface area contributed by atoms with Gasteiger partial charge in [0.2, 0.25) is 65.0 Å². The van der Waals surface area contributed by atoms with Crippen LogP contribution in [0.25, 0.3) is 10.8 Å². The predicted molar refractivity (Wildman–Crippen MR) is 509 cm³/mol. The van der Waals surface area contributed by atoms with Crippen LogP contribution < -0.4 is 68.7 Å². The molecule has 9 aromatic rings. The lowest BCUT2D eigenvalue weighted by Gasteiger charge is -2.31. The SMILES string of the molecule is CCC(C)C(NC(=O)CCCNC(=O)c1ccc(N=Nc2ccc(N(C)C)cc2)cc1)C(=O)NC(Cc1c[nH]cn1)C(=O)N1CCCC1C(=O)NC(Cc1ccccc1)C(=O)NC(Cc1c[nH]cn1)C(=O)NC(CC(C)C)C(=O)NC(C(=O)NC(C(=O)NC(Cc1c[nH]cn1)C(=O)NC(C(=O)NCCNc1cccc2c(S(=O)(=O)O)cccc12)C(C)O)C(C)CC)C(C)C.c1ccccc1. The molecule has 0 aliphatic carbocycles. The molecule has 17 N–H and O–H groups in total. The lowest BCUT2D eigenvalue weighted by Crippen LogP contribution is -2.62. The molecular formula is C96H126N22O16S. The molecule has 0 radical (unpaired) electrons. The molecule has 3 aromatic heterocycles. The Kier molecular flexibility index (Phi) is 40.2. The number of likely N-dealkylation sites (tertiary alicyclic amines) is 1. The van der Waals surface area contributed by atoms with Crippen molar-refractivity contribution in [2.45, 2.75) is 204 Å². The number of nitrogens with zero attached hydrogens (tertiary/aromatic N) is 7. The molecule has 0 spiro atoms. The van der Waals surface area contributed by atoms with Crippen molar-refractivity contribution in [1.29, 1.82) is 0 Å². The predicted octanol–water partition coefficient (Wildman–Crippen LogP) is 6.66. The highest BCUT2D eigenvalue weighted by Crippen LogP contribution is 2.30. The number of carbonyl (C=O) groups excluding carboxylic acids is 12. The van der Waals surface area contributed by atoms with E-state index in [-0.39, 0.29) is 99.7 Å². The molecule has 12 amide bonds. The highest BCUT2D eigenvalue weighted by Gasteiger charge is 2.43. The highest BCUT2D eigenvalue weighted by atomic mass is 32.2. The van der Waals surface area contributed by atoms with E-state index in [1.807, 2.05) is 86.6 Å². The van der Waals surface area contributed by atoms with Gasteiger partial charge in [-0.15, -0.1) is 0 Å². The first-order valence-electron chi connectivity index (χ1n) is 45.4. The van der Waals surface area contributed by atoms with E-state index in [1.54, 1.807) is 127 Å². The summed E-state index contributed by atoms with van der Waals surface area (Å²) in [7, 11) is -0.669. The van der Waals surface area contributed by atoms with Gasteiger partial charge >= 0.3 is 0 Å². The molecule has 10 rings (SSSR count). The fraction of sp³-hybridized carbons (Fsp3) is 0.427. The quantitative estimate of drug-likeness (QED) is 0.0108. The zero-order valence-electron chi connectivity index (χ0n) is 77.8. The van der Waals surface area contributed by atoms with Crippen molar-refractivity contribution in [2.24, 2.45) is 33.9 Å². The van der Waals surface area contributed by atoms with Crippen LogP contribution in [0, 0.1) is 23.7 Å². The Morgan fingerprint density at radius 1 is 0.489 bits per heavy atom. The van der Waals surface area contributed by atoms with E-state index >= 15 is 19.2 Å². The van der Waals surface area contributed by atoms with Crippen molar-refractivity contribution in [1.82, 2.24) is 93.3 Å². The third kappa shape index (κ3) is 32.1. The Morgan fingerprint density at radius 2 is 0.963 bits per heavy atom. The van der Waals surface area contributed by atoms with Crippen LogP contribution in [0.15, 0.2) is 204 Å². The Bertz CT molecular complexity index is 5490. The van der Waals surface area contributed by atoms with Crippen LogP contribution in [-0.4, -0.2) is 231 Å². The molecule has 6 aromatic carbocycles. The van der Waals surface area contributed by atoms with Gasteiger partial charge in [0.05, 0.1) is 53.5 Å². The summed E-state index contributed by atoms with van der Waals surface area (Å²) < 4.78 is 34.0. The second kappa shape index (κ2) is 51.8. The summed E-state index contributed by atoms with van der Waals surface area (Å²) in [4.78, 5) is 199. The van der Waals surface area contributed by atoms with Gasteiger partial charge in [-0.3, -0.25) is 62.1 Å². The average Bonchev–Trinajstić information content (AvgIpc) is 1.71. The Hall–Kier alpha value is -14.1. The number of carbonyl (C=O) groups is 12. The molecule has 0 bridgehead atoms. The molecule has 4 heterocycles. The number of aliphatic hydroxyl groups excluding tert-OH is 1. The van der Waals surface area contributed by atoms with Gasteiger partial charge in [-0.05, 0) is 123 Å². The van der Waals surface area contributed by atoms with Crippen molar-refractivity contribution in [3.8, 4) is 0 Å². The number of hydrogen-bond acceptors (Lipinski definition) is 22. The lowest BCUT2D eigenvalue weighted by atomic mass is 9.95. The molecule has 1 saturated heterocycles. The standard InChI is InChI=1S/C90H120N22O16S.C6H6/c1-12-54(7)77(105-75(114)28-19-37-95-80(115)58-29-31-59(32-30-58)109-110-60-33-35-64(36-34-60)111(10)11)88(123)104-72(45-63-48-93-51-99-63)90(125)112-40-20-26-73(112)85(120)102-69(42-57-21-15-14-16-22-57)81(116)101-70(43-61-46-91-49-97-61)82(117)100-68(41-52(3)4)83(118)106-76(53(5)6)87(122)107-78(55(8)13-2)89(124)103-71(44-62-47-92-50-98-62)84(119)108-79(56(9)113)86(121)96-39-38-94-67-25-17-24-66-65(67)23-18-27-74(66)129(126,127)128;1-2-4-6-5-3-1/h14-18,21-25,27,29-36,46-56,68-73,76-79,94,113H,12-13,19-20,26,28,37-45H2,1-11H3,(H,91,97)(H,92,98)(H,93,99)(H,95,115)(H,96,121)(H,100,117)(H,101,116)(H,102,120)(H,103,124)(H,104,123)(H,105,114)(H,106,118)(H,107,122)(H,108,119)(H,126,127,128);1-6H. The average molecular weight is 1880 g/mol. The number of hydrogen-bond donors (Lipinski definition) is 17. The van der Waals surface area contributed by atoms with E-state index in [1.165, 1.54) is 61.4 Å². The van der Waals surface area contributed by atoms with E-state index < -0.39 is 159 Å². The Labute approximate surface area is 785 Å². The first-order chi connectivity index (χ1) is 64.6. The normalized spacial score (nSPS) is 15.2. The van der Waals surface area contributed by atoms with Crippen LogP contribution in [0.1, 0.15) is 140 Å². The number of H-pyrrole nitrogens is 3. The molecule has 135 heavy (non-hydrogen) atoms. The van der Waals surface area contributed by atoms with Gasteiger partial charge in [0.15, 0.2) is 0 Å². The lowest BCUT2D eigenvalue weighted by molar-refractivity contribution is -0.142. The monoisotopic (exact) mass is 1870 g/mol. The minimum absolute atomic E-state index is 0.00693. The largest absolute Gasteiger partial charge is 0.391 e. The molecule has 13 unspecified atom stereocenters. The summed E-state index contributed by atoms with van der Waals surface area (Å²) >= 11 is 0. The van der Waals surface area contributed by atoms with Crippen LogP contribution in [0.4, 0.5) is 22.7 Å². The van der Waals surface area contributed by atoms with E-state index in [9.17, 15) is 56.4 Å². The van der Waals surface area contributed by atoms with Gasteiger partial charge in [-0.25, -0.2) is 15.0 Å². The maximum Gasteiger partial charge on any atom is 0.295 e. The van der Waals surface area contributed by atoms with Crippen LogP contribution >= 0.6 is 0 Å². The highest BCUT2D eigenvalue weighted by molar-refractivity contribution is 7.86. The number of aromatic amines is 3. The number of nitrogens with one attached hydrogen (secondary N) is 15. The number of rotatable bonds is 48. The summed E-state index contributed by atoms with van der Waals surface area (Å²) in [5.74, 6) is -10.7. The first kappa shape index (κ1) is 105. The third-order valence-electron chi connectivity index (χ3n) is 23.0. The van der Waals surface area contributed by atoms with Gasteiger partial charge in [0.1, 0.15) is 65.3 Å². The molecular weight excluding hydrogens is 1750 g/mol. The first-order valence-corrected chi connectivity index (χ1v) is 46.8. The summed E-state index contributed by atoms with van der Waals surface area (Å²) in [5, 5.41) is 53.9. The molecule has 722 valence electrons. The zero-order chi connectivity index (χ0) is 97.8. The number of aliphatic hydroxyl groups is 1. The van der Waals surface area contributed by atoms with E-state index in [0.717, 1.165) is 5.69 Å². The number of amides is 12. The molecule has 0 saturated carbocycles. The minimum atomic E-state index is -4.55. The number of azo groups is 1. The maximum absolute atomic E-state index is 15.2. The van der Waals surface area contributed by atoms with Crippen LogP contribution in [0.3, 0.4) is 0 Å². The number of aromatic nitrogens is 6. The molecule has 1 fully saturated rings. The van der Waals surface area contributed by atoms with Crippen molar-refractivity contribution in [3.05, 3.63) is 217 Å². The van der Waals surface area contributed by atoms with Crippen LogP contribution in [0.5, 0.6) is 0 Å². The second-order valence-electron chi connectivity index (χ2n) is 34.4. The Morgan fingerprint density at radius 3 is 1.49 bits per heavy atom. The van der Waals surface area contributed by atoms with Crippen molar-refractivity contribution < 1.29 is 75.6 Å². The van der Waals surface area contributed by atoms with Gasteiger partial charge < -0.3 is 93.7 Å². The summed E-state index contributed by atoms with van der Waals surface area (Å²) in [6, 6.07) is 30.4. The van der Waals surface area contributed by atoms with Gasteiger partial charge in [0.25, 0.3) is 16.0 Å². The van der Waals surface area contributed by atoms with Crippen molar-refractivity contribution in [2.75, 3.05) is 50.5 Å². The molecule has 38 nitrogen and oxygen atoms in total. The van der Waals surface area contributed by atoms with Gasteiger partial charge in [-0.2, -0.15) is 18.6 Å². The van der Waals surface area contributed by atoms with E-state index in [2.05, 4.69) is 104 Å². The van der Waals surface area contributed by atoms with Gasteiger partial charge in [0, 0.05) is 119 Å². The third-order valence-corrected chi connectivity index (χ3v) is 23.9. The molecule has 1 aliphatic heterocycles. The number of benzene rings is 6. The summed E-state index contributed by atoms with van der Waals surface area (Å²) in [6.07, 6.45) is 7.94. The second-order valence-corrected chi connectivity index (χ2v) is 35.8. The number of imidazole rings is 3. The smallest absolute Gasteiger partial charge is 0.295 e. The van der Waals surface area contributed by atoms with Gasteiger partial charge in [-0.1, -0.05) is 159 Å². The molecule has 13 atom stereocenters. The van der Waals surface area contributed by atoms with Crippen LogP contribution in [-0.2, 0) is 88.5 Å². The Balaban J connectivity index is 0.00000327. The summed E-state index contributed by atoms with van der Waals surface area (Å²) in [5.41, 5.74) is 4.72. The van der Waals surface area contributed by atoms with E-state index in [0.29, 0.717) is 69.9 Å². The van der Waals surface area contributed by atoms with Crippen molar-refractivity contribution >= 4 is 115 Å². The van der Waals surface area contributed by atoms with Crippen molar-refractivity contribution in [3.63, 3.8) is 0 Å². The van der Waals surface area contributed by atoms with Crippen LogP contribution in [0.2, 0.25) is 0 Å². The summed E-state index contributed by atoms with van der Waals surface area (Å²) in [6.45, 7) is 15.5. The minimum Gasteiger partial charge on any atom is -0.391 e. The fourth-order valence-electron chi connectivity index (χ4n) is 15.1. The topological polar surface area (TPSA) is 541 Å². The fourth-order valence-corrected chi connectivity index (χ4v) is 15.8. The number of fused-ring (bicyclic) bond motifs is 1. The maximum atomic E-state index is 15.2. The van der Waals surface area contributed by atoms with E-state index in [4.69, 9.17) is 0 Å². The number of anilines is 2. The zero-order valence-corrected chi connectivity index (χ0v) is 78.6.